The summed E-state index contributed by atoms with van der Waals surface area (Å²) < 4.78 is 33.3. The summed E-state index contributed by atoms with van der Waals surface area (Å²) in [7, 11) is -3.87. The van der Waals surface area contributed by atoms with Gasteiger partial charge in [-0.15, -0.1) is 0 Å². The van der Waals surface area contributed by atoms with Crippen LogP contribution in [0.4, 0.5) is 5.82 Å². The molecule has 4 rings (SSSR count). The molecule has 0 unspecified atom stereocenters. The van der Waals surface area contributed by atoms with Crippen LogP contribution in [0, 0.1) is 0 Å². The second-order valence-corrected chi connectivity index (χ2v) is 10.5. The summed E-state index contributed by atoms with van der Waals surface area (Å²) in [6.07, 6.45) is 1.58. The Morgan fingerprint density at radius 2 is 1.80 bits per heavy atom. The van der Waals surface area contributed by atoms with E-state index in [2.05, 4.69) is 10.3 Å². The van der Waals surface area contributed by atoms with Crippen LogP contribution in [0.2, 0.25) is 10.0 Å². The number of carbonyl (C=O) groups excluding carboxylic acids is 2. The molecule has 8 nitrogen and oxygen atoms in total. The predicted molar refractivity (Wildman–Crippen MR) is 132 cm³/mol. The molecule has 0 saturated carbocycles. The SMILES string of the molecule is O=C(COC(=O)C[C@H]1c2ccccc2CCN1S(=O)(=O)c1ccccc1)Nc1ncc(Cl)cc1Cl. The number of nitrogens with one attached hydrogen (secondary N) is 1. The summed E-state index contributed by atoms with van der Waals surface area (Å²) in [5, 5.41) is 2.89. The first-order chi connectivity index (χ1) is 16.8. The molecule has 1 N–H and O–H groups in total. The zero-order valence-corrected chi connectivity index (χ0v) is 20.7. The Labute approximate surface area is 212 Å². The summed E-state index contributed by atoms with van der Waals surface area (Å²) in [5.41, 5.74) is 1.70. The van der Waals surface area contributed by atoms with E-state index in [1.54, 1.807) is 30.3 Å². The van der Waals surface area contributed by atoms with E-state index in [4.69, 9.17) is 27.9 Å². The lowest BCUT2D eigenvalue weighted by atomic mass is 9.92. The largest absolute Gasteiger partial charge is 0.456 e. The number of benzene rings is 2. The standard InChI is InChI=1S/C24H21Cl2N3O5S/c25-17-12-20(26)24(27-14-17)28-22(30)15-34-23(31)13-21-19-9-5-4-6-16(19)10-11-29(21)35(32,33)18-7-2-1-3-8-18/h1-9,12,14,21H,10-11,13,15H2,(H,27,28,30)/t21-/m0/s1. The molecule has 0 spiro atoms. The van der Waals surface area contributed by atoms with Gasteiger partial charge in [-0.1, -0.05) is 65.7 Å². The molecule has 0 aliphatic carbocycles. The number of carbonyl (C=O) groups is 2. The zero-order valence-electron chi connectivity index (χ0n) is 18.4. The van der Waals surface area contributed by atoms with Crippen LogP contribution >= 0.6 is 23.2 Å². The number of anilines is 1. The average Bonchev–Trinajstić information content (AvgIpc) is 2.85. The molecular formula is C24H21Cl2N3O5S. The maximum atomic E-state index is 13.4. The van der Waals surface area contributed by atoms with Crippen molar-refractivity contribution in [1.29, 1.82) is 0 Å². The minimum absolute atomic E-state index is 0.0819. The molecule has 1 amide bonds. The molecule has 1 aliphatic rings. The highest BCUT2D eigenvalue weighted by molar-refractivity contribution is 7.89. The van der Waals surface area contributed by atoms with Gasteiger partial charge >= 0.3 is 5.97 Å². The normalized spacial score (nSPS) is 15.8. The van der Waals surface area contributed by atoms with E-state index in [0.29, 0.717) is 11.4 Å². The van der Waals surface area contributed by atoms with Crippen molar-refractivity contribution in [3.63, 3.8) is 0 Å². The first-order valence-electron chi connectivity index (χ1n) is 10.7. The second kappa shape index (κ2) is 10.7. The number of rotatable bonds is 7. The van der Waals surface area contributed by atoms with Gasteiger partial charge in [0.1, 0.15) is 0 Å². The van der Waals surface area contributed by atoms with Gasteiger partial charge in [0.15, 0.2) is 12.4 Å². The van der Waals surface area contributed by atoms with Gasteiger partial charge in [-0.25, -0.2) is 13.4 Å². The predicted octanol–water partition coefficient (Wildman–Crippen LogP) is 4.25. The molecule has 35 heavy (non-hydrogen) atoms. The van der Waals surface area contributed by atoms with Crippen molar-refractivity contribution in [3.05, 3.63) is 88.0 Å². The average molecular weight is 534 g/mol. The van der Waals surface area contributed by atoms with Crippen LogP contribution in [0.3, 0.4) is 0 Å². The van der Waals surface area contributed by atoms with Crippen molar-refractivity contribution in [2.24, 2.45) is 0 Å². The van der Waals surface area contributed by atoms with Crippen LogP contribution in [0.5, 0.6) is 0 Å². The van der Waals surface area contributed by atoms with Crippen molar-refractivity contribution in [2.75, 3.05) is 18.5 Å². The van der Waals surface area contributed by atoms with Crippen LogP contribution in [-0.4, -0.2) is 42.7 Å². The number of hydrogen-bond acceptors (Lipinski definition) is 6. The van der Waals surface area contributed by atoms with Crippen molar-refractivity contribution in [3.8, 4) is 0 Å². The van der Waals surface area contributed by atoms with E-state index < -0.39 is 34.5 Å². The number of fused-ring (bicyclic) bond motifs is 1. The Morgan fingerprint density at radius 3 is 2.54 bits per heavy atom. The fraction of sp³-hybridized carbons (Fsp3) is 0.208. The number of hydrogen-bond donors (Lipinski definition) is 1. The first-order valence-corrected chi connectivity index (χ1v) is 12.9. The van der Waals surface area contributed by atoms with Crippen molar-refractivity contribution < 1.29 is 22.7 Å². The number of amides is 1. The van der Waals surface area contributed by atoms with E-state index >= 15 is 0 Å². The zero-order chi connectivity index (χ0) is 25.0. The molecule has 0 saturated heterocycles. The molecule has 1 atom stereocenters. The van der Waals surface area contributed by atoms with E-state index in [-0.39, 0.29) is 28.7 Å². The van der Waals surface area contributed by atoms with Crippen LogP contribution in [0.1, 0.15) is 23.6 Å². The third kappa shape index (κ3) is 5.82. The number of pyridine rings is 1. The number of sulfonamides is 1. The van der Waals surface area contributed by atoms with Gasteiger partial charge in [-0.2, -0.15) is 4.31 Å². The van der Waals surface area contributed by atoms with Crippen LogP contribution in [0.25, 0.3) is 0 Å². The molecule has 182 valence electrons. The van der Waals surface area contributed by atoms with Gasteiger partial charge in [-0.3, -0.25) is 9.59 Å². The monoisotopic (exact) mass is 533 g/mol. The van der Waals surface area contributed by atoms with E-state index in [1.807, 2.05) is 12.1 Å². The highest BCUT2D eigenvalue weighted by Crippen LogP contribution is 2.36. The topological polar surface area (TPSA) is 106 Å². The third-order valence-electron chi connectivity index (χ3n) is 5.50. The van der Waals surface area contributed by atoms with Crippen LogP contribution < -0.4 is 5.32 Å². The second-order valence-electron chi connectivity index (χ2n) is 7.79. The highest BCUT2D eigenvalue weighted by atomic mass is 35.5. The molecule has 2 heterocycles. The molecule has 11 heteroatoms. The quantitative estimate of drug-likeness (QED) is 0.455. The summed E-state index contributed by atoms with van der Waals surface area (Å²) in [5.74, 6) is -1.28. The lowest BCUT2D eigenvalue weighted by Gasteiger charge is -2.36. The number of esters is 1. The Kier molecular flexibility index (Phi) is 7.71. The molecule has 2 aromatic carbocycles. The fourth-order valence-corrected chi connectivity index (χ4v) is 5.95. The molecule has 1 aromatic heterocycles. The van der Waals surface area contributed by atoms with E-state index in [9.17, 15) is 18.0 Å². The van der Waals surface area contributed by atoms with Crippen molar-refractivity contribution >= 4 is 50.9 Å². The number of nitrogens with zero attached hydrogens (tertiary/aromatic N) is 2. The van der Waals surface area contributed by atoms with Gasteiger partial charge in [0, 0.05) is 12.7 Å². The van der Waals surface area contributed by atoms with Crippen molar-refractivity contribution in [1.82, 2.24) is 9.29 Å². The molecule has 0 radical (unpaired) electrons. The molecule has 0 fully saturated rings. The van der Waals surface area contributed by atoms with E-state index in [1.165, 1.54) is 28.7 Å². The van der Waals surface area contributed by atoms with Gasteiger partial charge in [0.05, 0.1) is 27.4 Å². The Bertz CT molecular complexity index is 1350. The lowest BCUT2D eigenvalue weighted by Crippen LogP contribution is -2.41. The number of ether oxygens (including phenoxy) is 1. The van der Waals surface area contributed by atoms with Gasteiger partial charge in [-0.05, 0) is 35.7 Å². The number of aromatic nitrogens is 1. The molecule has 0 bridgehead atoms. The molecular weight excluding hydrogens is 513 g/mol. The van der Waals surface area contributed by atoms with Gasteiger partial charge < -0.3 is 10.1 Å². The van der Waals surface area contributed by atoms with Gasteiger partial charge in [0.25, 0.3) is 5.91 Å². The Hall–Kier alpha value is -2.98. The lowest BCUT2D eigenvalue weighted by molar-refractivity contribution is -0.148. The maximum Gasteiger partial charge on any atom is 0.308 e. The summed E-state index contributed by atoms with van der Waals surface area (Å²) in [4.78, 5) is 29.0. The number of halogens is 2. The van der Waals surface area contributed by atoms with Crippen molar-refractivity contribution in [2.45, 2.75) is 23.8 Å². The minimum Gasteiger partial charge on any atom is -0.456 e. The minimum atomic E-state index is -3.87. The Morgan fingerprint density at radius 1 is 1.09 bits per heavy atom. The first kappa shape index (κ1) is 25.1. The summed E-state index contributed by atoms with van der Waals surface area (Å²) in [6.45, 7) is -0.368. The van der Waals surface area contributed by atoms with Crippen LogP contribution in [-0.2, 0) is 30.8 Å². The van der Waals surface area contributed by atoms with Gasteiger partial charge in [0.2, 0.25) is 10.0 Å². The molecule has 3 aromatic rings. The third-order valence-corrected chi connectivity index (χ3v) is 7.92. The highest BCUT2D eigenvalue weighted by Gasteiger charge is 2.37. The maximum absolute atomic E-state index is 13.4. The fourth-order valence-electron chi connectivity index (χ4n) is 3.89. The summed E-state index contributed by atoms with van der Waals surface area (Å²) >= 11 is 11.8. The smallest absolute Gasteiger partial charge is 0.308 e. The van der Waals surface area contributed by atoms with Crippen LogP contribution in [0.15, 0.2) is 71.8 Å². The Balaban J connectivity index is 1.48. The van der Waals surface area contributed by atoms with E-state index in [0.717, 1.165) is 11.1 Å². The summed E-state index contributed by atoms with van der Waals surface area (Å²) in [6, 6.07) is 16.1. The molecule has 1 aliphatic heterocycles.